The van der Waals surface area contributed by atoms with Crippen LogP contribution in [0.5, 0.6) is 5.88 Å². The molecule has 1 aliphatic rings. The van der Waals surface area contributed by atoms with Crippen LogP contribution in [0.2, 0.25) is 0 Å². The van der Waals surface area contributed by atoms with Crippen molar-refractivity contribution in [1.29, 1.82) is 0 Å². The van der Waals surface area contributed by atoms with Crippen LogP contribution in [0.15, 0.2) is 18.3 Å². The Morgan fingerprint density at radius 2 is 2.04 bits per heavy atom. The van der Waals surface area contributed by atoms with Gasteiger partial charge in [-0.25, -0.2) is 15.0 Å². The lowest BCUT2D eigenvalue weighted by Gasteiger charge is -2.16. The van der Waals surface area contributed by atoms with Crippen LogP contribution < -0.4 is 15.4 Å². The molecule has 0 atom stereocenters. The zero-order chi connectivity index (χ0) is 18.2. The first kappa shape index (κ1) is 18.5. The maximum absolute atomic E-state index is 5.62. The van der Waals surface area contributed by atoms with Crippen LogP contribution >= 0.6 is 0 Å². The van der Waals surface area contributed by atoms with E-state index in [1.807, 2.05) is 26.0 Å². The third-order valence-corrected chi connectivity index (χ3v) is 4.24. The summed E-state index contributed by atoms with van der Waals surface area (Å²) in [6.07, 6.45) is 3.57. The topological polar surface area (TPSA) is 81.2 Å². The summed E-state index contributed by atoms with van der Waals surface area (Å²) in [5.74, 6) is 2.28. The predicted molar refractivity (Wildman–Crippen MR) is 100 cm³/mol. The lowest BCUT2D eigenvalue weighted by molar-refractivity contribution is 0.128. The average Bonchev–Trinajstić information content (AvgIpc) is 2.91. The Hall–Kier alpha value is -2.25. The summed E-state index contributed by atoms with van der Waals surface area (Å²) in [5.41, 5.74) is 3.32. The van der Waals surface area contributed by atoms with E-state index in [0.717, 1.165) is 48.8 Å². The summed E-state index contributed by atoms with van der Waals surface area (Å²) in [6, 6.07) is 3.94. The molecule has 0 unspecified atom stereocenters. The SMILES string of the molecule is CCOCc1nc2c(c(NCc3cccnc3OCC)n1)CCNCC2. The van der Waals surface area contributed by atoms with Crippen molar-refractivity contribution in [3.63, 3.8) is 0 Å². The highest BCUT2D eigenvalue weighted by Gasteiger charge is 2.17. The highest BCUT2D eigenvalue weighted by atomic mass is 16.5. The average molecular weight is 357 g/mol. The largest absolute Gasteiger partial charge is 0.478 e. The van der Waals surface area contributed by atoms with Gasteiger partial charge in [0.15, 0.2) is 5.82 Å². The molecule has 3 heterocycles. The molecule has 0 amide bonds. The number of hydrogen-bond acceptors (Lipinski definition) is 7. The van der Waals surface area contributed by atoms with Crippen LogP contribution in [0.1, 0.15) is 36.5 Å². The lowest BCUT2D eigenvalue weighted by Crippen LogP contribution is -2.16. The second-order valence-electron chi connectivity index (χ2n) is 6.06. The molecule has 0 aromatic carbocycles. The van der Waals surface area contributed by atoms with Crippen LogP contribution in [-0.2, 0) is 30.7 Å². The molecule has 2 aromatic heterocycles. The Balaban J connectivity index is 1.83. The Morgan fingerprint density at radius 3 is 2.88 bits per heavy atom. The van der Waals surface area contributed by atoms with E-state index in [9.17, 15) is 0 Å². The van der Waals surface area contributed by atoms with E-state index in [-0.39, 0.29) is 0 Å². The fourth-order valence-corrected chi connectivity index (χ4v) is 3.00. The number of fused-ring (bicyclic) bond motifs is 1. The molecule has 0 saturated heterocycles. The third kappa shape index (κ3) is 4.68. The zero-order valence-corrected chi connectivity index (χ0v) is 15.5. The van der Waals surface area contributed by atoms with E-state index in [1.54, 1.807) is 6.20 Å². The van der Waals surface area contributed by atoms with Gasteiger partial charge in [0.2, 0.25) is 5.88 Å². The van der Waals surface area contributed by atoms with Gasteiger partial charge in [-0.05, 0) is 32.9 Å². The Labute approximate surface area is 154 Å². The fourth-order valence-electron chi connectivity index (χ4n) is 3.00. The van der Waals surface area contributed by atoms with Gasteiger partial charge in [-0.2, -0.15) is 0 Å². The first-order valence-electron chi connectivity index (χ1n) is 9.29. The minimum atomic E-state index is 0.434. The van der Waals surface area contributed by atoms with Crippen LogP contribution in [-0.4, -0.2) is 41.3 Å². The molecule has 7 nitrogen and oxygen atoms in total. The predicted octanol–water partition coefficient (Wildman–Crippen LogP) is 2.11. The van der Waals surface area contributed by atoms with Crippen molar-refractivity contribution in [3.8, 4) is 5.88 Å². The van der Waals surface area contributed by atoms with E-state index in [2.05, 4.69) is 15.6 Å². The van der Waals surface area contributed by atoms with Crippen LogP contribution in [0, 0.1) is 0 Å². The second kappa shape index (κ2) is 9.45. The summed E-state index contributed by atoms with van der Waals surface area (Å²) in [6.45, 7) is 8.10. The Morgan fingerprint density at radius 1 is 1.15 bits per heavy atom. The molecule has 140 valence electrons. The number of anilines is 1. The van der Waals surface area contributed by atoms with Crippen LogP contribution in [0.25, 0.3) is 0 Å². The molecule has 0 bridgehead atoms. The summed E-state index contributed by atoms with van der Waals surface area (Å²) >= 11 is 0. The first-order valence-corrected chi connectivity index (χ1v) is 9.29. The van der Waals surface area contributed by atoms with Gasteiger partial charge in [-0.3, -0.25) is 0 Å². The molecule has 2 aromatic rings. The van der Waals surface area contributed by atoms with Gasteiger partial charge in [-0.1, -0.05) is 6.07 Å². The van der Waals surface area contributed by atoms with Crippen molar-refractivity contribution in [2.24, 2.45) is 0 Å². The van der Waals surface area contributed by atoms with Gasteiger partial charge in [0.05, 0.1) is 12.3 Å². The molecule has 3 rings (SSSR count). The van der Waals surface area contributed by atoms with Gasteiger partial charge in [0.25, 0.3) is 0 Å². The first-order chi connectivity index (χ1) is 12.8. The number of nitrogens with one attached hydrogen (secondary N) is 2. The lowest BCUT2D eigenvalue weighted by atomic mass is 10.1. The van der Waals surface area contributed by atoms with Crippen LogP contribution in [0.3, 0.4) is 0 Å². The van der Waals surface area contributed by atoms with E-state index in [4.69, 9.17) is 19.4 Å². The molecule has 7 heteroatoms. The zero-order valence-electron chi connectivity index (χ0n) is 15.5. The van der Waals surface area contributed by atoms with Gasteiger partial charge < -0.3 is 20.1 Å². The highest BCUT2D eigenvalue weighted by Crippen LogP contribution is 2.22. The van der Waals surface area contributed by atoms with E-state index in [1.165, 1.54) is 5.56 Å². The second-order valence-corrected chi connectivity index (χ2v) is 6.06. The number of rotatable bonds is 8. The van der Waals surface area contributed by atoms with Crippen molar-refractivity contribution in [1.82, 2.24) is 20.3 Å². The monoisotopic (exact) mass is 357 g/mol. The maximum Gasteiger partial charge on any atom is 0.218 e. The smallest absolute Gasteiger partial charge is 0.218 e. The number of ether oxygens (including phenoxy) is 2. The summed E-state index contributed by atoms with van der Waals surface area (Å²) in [5, 5.41) is 6.90. The summed E-state index contributed by atoms with van der Waals surface area (Å²) in [7, 11) is 0. The minimum absolute atomic E-state index is 0.434. The minimum Gasteiger partial charge on any atom is -0.478 e. The van der Waals surface area contributed by atoms with Gasteiger partial charge >= 0.3 is 0 Å². The molecule has 0 saturated carbocycles. The molecular weight excluding hydrogens is 330 g/mol. The highest BCUT2D eigenvalue weighted by molar-refractivity contribution is 5.48. The molecule has 0 spiro atoms. The van der Waals surface area contributed by atoms with Gasteiger partial charge in [0.1, 0.15) is 12.4 Å². The Bertz CT molecular complexity index is 723. The van der Waals surface area contributed by atoms with Gasteiger partial charge in [-0.15, -0.1) is 0 Å². The van der Waals surface area contributed by atoms with E-state index < -0.39 is 0 Å². The van der Waals surface area contributed by atoms with Crippen molar-refractivity contribution < 1.29 is 9.47 Å². The number of aromatic nitrogens is 3. The Kier molecular flexibility index (Phi) is 6.74. The molecular formula is C19H27N5O2. The molecule has 0 radical (unpaired) electrons. The summed E-state index contributed by atoms with van der Waals surface area (Å²) < 4.78 is 11.1. The quantitative estimate of drug-likeness (QED) is 0.749. The van der Waals surface area contributed by atoms with Crippen molar-refractivity contribution in [2.45, 2.75) is 39.8 Å². The molecule has 0 aliphatic carbocycles. The molecule has 2 N–H and O–H groups in total. The molecule has 26 heavy (non-hydrogen) atoms. The maximum atomic E-state index is 5.62. The normalized spacial score (nSPS) is 13.8. The number of pyridine rings is 1. The van der Waals surface area contributed by atoms with Crippen LogP contribution in [0.4, 0.5) is 5.82 Å². The van der Waals surface area contributed by atoms with Crippen molar-refractivity contribution in [2.75, 3.05) is 31.6 Å². The molecule has 1 aliphatic heterocycles. The number of nitrogens with zero attached hydrogens (tertiary/aromatic N) is 3. The standard InChI is InChI=1S/C19H27N5O2/c1-3-25-13-17-23-16-8-11-20-10-7-15(16)18(24-17)22-12-14-6-5-9-21-19(14)26-4-2/h5-6,9,20H,3-4,7-8,10-13H2,1-2H3,(H,22,23,24). The molecule has 0 fully saturated rings. The number of hydrogen-bond donors (Lipinski definition) is 2. The van der Waals surface area contributed by atoms with E-state index >= 15 is 0 Å². The third-order valence-electron chi connectivity index (χ3n) is 4.24. The fraction of sp³-hybridized carbons (Fsp3) is 0.526. The summed E-state index contributed by atoms with van der Waals surface area (Å²) in [4.78, 5) is 13.8. The van der Waals surface area contributed by atoms with Crippen molar-refractivity contribution >= 4 is 5.82 Å². The van der Waals surface area contributed by atoms with E-state index in [0.29, 0.717) is 32.2 Å². The van der Waals surface area contributed by atoms with Crippen molar-refractivity contribution in [3.05, 3.63) is 41.0 Å². The van der Waals surface area contributed by atoms with Gasteiger partial charge in [0, 0.05) is 43.4 Å².